The maximum absolute atomic E-state index is 11.8. The SMILES string of the molecule is CNS(=O)(=O)c1ccc(N)c(Nc2ccccc2Cl)c1. The molecule has 0 radical (unpaired) electrons. The fraction of sp³-hybridized carbons (Fsp3) is 0.0769. The summed E-state index contributed by atoms with van der Waals surface area (Å²) in [6.45, 7) is 0. The minimum absolute atomic E-state index is 0.128. The summed E-state index contributed by atoms with van der Waals surface area (Å²) in [4.78, 5) is 0.128. The van der Waals surface area contributed by atoms with Gasteiger partial charge in [-0.05, 0) is 37.4 Å². The van der Waals surface area contributed by atoms with Gasteiger partial charge in [0.2, 0.25) is 10.0 Å². The van der Waals surface area contributed by atoms with Crippen molar-refractivity contribution in [3.63, 3.8) is 0 Å². The predicted molar refractivity (Wildman–Crippen MR) is 81.8 cm³/mol. The van der Waals surface area contributed by atoms with Gasteiger partial charge in [-0.15, -0.1) is 0 Å². The maximum Gasteiger partial charge on any atom is 0.240 e. The number of sulfonamides is 1. The highest BCUT2D eigenvalue weighted by molar-refractivity contribution is 7.89. The van der Waals surface area contributed by atoms with E-state index in [4.69, 9.17) is 17.3 Å². The summed E-state index contributed by atoms with van der Waals surface area (Å²) >= 11 is 6.05. The number of halogens is 1. The average Bonchev–Trinajstić information content (AvgIpc) is 2.43. The molecule has 0 saturated heterocycles. The minimum atomic E-state index is -3.52. The van der Waals surface area contributed by atoms with Gasteiger partial charge in [0.15, 0.2) is 0 Å². The molecule has 2 rings (SSSR count). The van der Waals surface area contributed by atoms with E-state index >= 15 is 0 Å². The largest absolute Gasteiger partial charge is 0.397 e. The van der Waals surface area contributed by atoms with E-state index in [1.807, 2.05) is 6.07 Å². The zero-order chi connectivity index (χ0) is 14.8. The van der Waals surface area contributed by atoms with Crippen LogP contribution in [0.2, 0.25) is 5.02 Å². The molecule has 0 aliphatic carbocycles. The summed E-state index contributed by atoms with van der Waals surface area (Å²) in [5.41, 5.74) is 7.42. The molecule has 4 N–H and O–H groups in total. The van der Waals surface area contributed by atoms with Crippen molar-refractivity contribution >= 4 is 38.7 Å². The molecule has 0 aromatic heterocycles. The van der Waals surface area contributed by atoms with E-state index in [1.54, 1.807) is 18.2 Å². The first-order valence-corrected chi connectivity index (χ1v) is 7.65. The van der Waals surface area contributed by atoms with Crippen LogP contribution in [-0.4, -0.2) is 15.5 Å². The summed E-state index contributed by atoms with van der Waals surface area (Å²) < 4.78 is 25.8. The molecule has 0 fully saturated rings. The van der Waals surface area contributed by atoms with Crippen molar-refractivity contribution in [1.29, 1.82) is 0 Å². The molecule has 0 aliphatic heterocycles. The number of para-hydroxylation sites is 1. The predicted octanol–water partition coefficient (Wildman–Crippen LogP) is 2.57. The zero-order valence-corrected chi connectivity index (χ0v) is 12.3. The van der Waals surface area contributed by atoms with E-state index in [-0.39, 0.29) is 4.90 Å². The van der Waals surface area contributed by atoms with E-state index in [2.05, 4.69) is 10.0 Å². The molecule has 0 bridgehead atoms. The van der Waals surface area contributed by atoms with Gasteiger partial charge in [-0.3, -0.25) is 0 Å². The van der Waals surface area contributed by atoms with Gasteiger partial charge in [0, 0.05) is 0 Å². The van der Waals surface area contributed by atoms with Crippen LogP contribution in [-0.2, 0) is 10.0 Å². The average molecular weight is 312 g/mol. The highest BCUT2D eigenvalue weighted by atomic mass is 35.5. The van der Waals surface area contributed by atoms with E-state index < -0.39 is 10.0 Å². The Morgan fingerprint density at radius 2 is 1.80 bits per heavy atom. The van der Waals surface area contributed by atoms with Crippen molar-refractivity contribution in [2.45, 2.75) is 4.90 Å². The molecule has 0 heterocycles. The molecule has 20 heavy (non-hydrogen) atoms. The first kappa shape index (κ1) is 14.6. The highest BCUT2D eigenvalue weighted by Crippen LogP contribution is 2.29. The number of nitrogens with two attached hydrogens (primary N) is 1. The summed E-state index contributed by atoms with van der Waals surface area (Å²) in [5, 5.41) is 3.55. The number of hydrogen-bond donors (Lipinski definition) is 3. The van der Waals surface area contributed by atoms with E-state index in [0.717, 1.165) is 0 Å². The Balaban J connectivity index is 2.42. The Hall–Kier alpha value is -1.76. The second kappa shape index (κ2) is 5.70. The molecule has 5 nitrogen and oxygen atoms in total. The summed E-state index contributed by atoms with van der Waals surface area (Å²) in [6.07, 6.45) is 0. The second-order valence-corrected chi connectivity index (χ2v) is 6.36. The van der Waals surface area contributed by atoms with Crippen LogP contribution in [0.3, 0.4) is 0 Å². The van der Waals surface area contributed by atoms with Crippen LogP contribution in [0.15, 0.2) is 47.4 Å². The lowest BCUT2D eigenvalue weighted by molar-refractivity contribution is 0.588. The molecule has 2 aromatic carbocycles. The maximum atomic E-state index is 11.8. The molecule has 0 saturated carbocycles. The number of anilines is 3. The van der Waals surface area contributed by atoms with Crippen molar-refractivity contribution < 1.29 is 8.42 Å². The topological polar surface area (TPSA) is 84.2 Å². The highest BCUT2D eigenvalue weighted by Gasteiger charge is 2.13. The Morgan fingerprint density at radius 1 is 1.10 bits per heavy atom. The van der Waals surface area contributed by atoms with Crippen molar-refractivity contribution in [2.75, 3.05) is 18.1 Å². The lowest BCUT2D eigenvalue weighted by Crippen LogP contribution is -2.18. The molecule has 0 amide bonds. The number of benzene rings is 2. The van der Waals surface area contributed by atoms with Crippen LogP contribution in [0.25, 0.3) is 0 Å². The van der Waals surface area contributed by atoms with E-state index in [9.17, 15) is 8.42 Å². The quantitative estimate of drug-likeness (QED) is 0.758. The number of nitrogens with one attached hydrogen (secondary N) is 2. The Labute approximate surface area is 122 Å². The number of hydrogen-bond acceptors (Lipinski definition) is 4. The van der Waals surface area contributed by atoms with Crippen LogP contribution in [0, 0.1) is 0 Å². The molecule has 2 aromatic rings. The molecule has 0 aliphatic rings. The van der Waals surface area contributed by atoms with Crippen LogP contribution >= 0.6 is 11.6 Å². The van der Waals surface area contributed by atoms with Crippen LogP contribution < -0.4 is 15.8 Å². The lowest BCUT2D eigenvalue weighted by Gasteiger charge is -2.12. The third-order valence-corrected chi connectivity index (χ3v) is 4.49. The van der Waals surface area contributed by atoms with E-state index in [0.29, 0.717) is 22.1 Å². The van der Waals surface area contributed by atoms with Crippen LogP contribution in [0.1, 0.15) is 0 Å². The summed E-state index contributed by atoms with van der Waals surface area (Å²) in [7, 11) is -2.16. The van der Waals surface area contributed by atoms with Gasteiger partial charge >= 0.3 is 0 Å². The molecule has 0 atom stereocenters. The van der Waals surface area contributed by atoms with Crippen molar-refractivity contribution in [3.8, 4) is 0 Å². The normalized spacial score (nSPS) is 11.3. The Bertz CT molecular complexity index is 732. The van der Waals surface area contributed by atoms with Crippen molar-refractivity contribution in [2.24, 2.45) is 0 Å². The standard InChI is InChI=1S/C13H14ClN3O2S/c1-16-20(18,19)9-6-7-11(15)13(8-9)17-12-5-3-2-4-10(12)14/h2-8,16-17H,15H2,1H3. The first-order valence-electron chi connectivity index (χ1n) is 5.78. The smallest absolute Gasteiger partial charge is 0.240 e. The number of rotatable bonds is 4. The third kappa shape index (κ3) is 3.04. The summed E-state index contributed by atoms with van der Waals surface area (Å²) in [5.74, 6) is 0. The molecule has 106 valence electrons. The minimum Gasteiger partial charge on any atom is -0.397 e. The second-order valence-electron chi connectivity index (χ2n) is 4.06. The van der Waals surface area contributed by atoms with Crippen LogP contribution in [0.4, 0.5) is 17.1 Å². The van der Waals surface area contributed by atoms with Gasteiger partial charge in [0.1, 0.15) is 0 Å². The van der Waals surface area contributed by atoms with Gasteiger partial charge in [-0.25, -0.2) is 13.1 Å². The van der Waals surface area contributed by atoms with Gasteiger partial charge in [-0.2, -0.15) is 0 Å². The fourth-order valence-corrected chi connectivity index (χ4v) is 2.58. The lowest BCUT2D eigenvalue weighted by atomic mass is 10.2. The molecule has 0 spiro atoms. The summed E-state index contributed by atoms with van der Waals surface area (Å²) in [6, 6.07) is 11.6. The van der Waals surface area contributed by atoms with Crippen molar-refractivity contribution in [1.82, 2.24) is 4.72 Å². The van der Waals surface area contributed by atoms with Crippen LogP contribution in [0.5, 0.6) is 0 Å². The monoisotopic (exact) mass is 311 g/mol. The van der Waals surface area contributed by atoms with Gasteiger partial charge in [0.05, 0.1) is 27.0 Å². The number of nitrogen functional groups attached to an aromatic ring is 1. The Kier molecular flexibility index (Phi) is 4.17. The Morgan fingerprint density at radius 3 is 2.45 bits per heavy atom. The fourth-order valence-electron chi connectivity index (χ4n) is 1.64. The van der Waals surface area contributed by atoms with Gasteiger partial charge in [-0.1, -0.05) is 23.7 Å². The van der Waals surface area contributed by atoms with Gasteiger partial charge < -0.3 is 11.1 Å². The first-order chi connectivity index (χ1) is 9.44. The molecule has 0 unspecified atom stereocenters. The zero-order valence-electron chi connectivity index (χ0n) is 10.7. The molecular weight excluding hydrogens is 298 g/mol. The van der Waals surface area contributed by atoms with Crippen molar-refractivity contribution in [3.05, 3.63) is 47.5 Å². The van der Waals surface area contributed by atoms with E-state index in [1.165, 1.54) is 25.2 Å². The van der Waals surface area contributed by atoms with Gasteiger partial charge in [0.25, 0.3) is 0 Å². The molecular formula is C13H14ClN3O2S. The molecule has 7 heteroatoms. The third-order valence-electron chi connectivity index (χ3n) is 2.75.